The number of carbonyl (C=O) groups is 11. The molecule has 1 saturated heterocycles. The first kappa shape index (κ1) is 103. The largest absolute Gasteiger partial charge is 0.509 e. The number of aliphatic hydroxyl groups excluding tert-OH is 2. The fraction of sp³-hybridized carbons (Fsp3) is 0.351. The second-order valence-corrected chi connectivity index (χ2v) is 30.0. The van der Waals surface area contributed by atoms with Gasteiger partial charge in [0.2, 0.25) is 24.2 Å². The van der Waals surface area contributed by atoms with Crippen LogP contribution in [-0.4, -0.2) is 234 Å². The predicted molar refractivity (Wildman–Crippen MR) is 482 cm³/mol. The van der Waals surface area contributed by atoms with E-state index < -0.39 is 184 Å². The molecule has 0 spiro atoms. The van der Waals surface area contributed by atoms with Gasteiger partial charge in [-0.2, -0.15) is 0 Å². The minimum absolute atomic E-state index is 0.0141. The Labute approximate surface area is 775 Å². The monoisotopic (exact) mass is 1870 g/mol. The summed E-state index contributed by atoms with van der Waals surface area (Å²) in [6.45, 7) is 18.4. The van der Waals surface area contributed by atoms with E-state index in [1.54, 1.807) is 86.9 Å². The molecule has 7 amide bonds. The van der Waals surface area contributed by atoms with Crippen molar-refractivity contribution in [1.29, 1.82) is 0 Å². The van der Waals surface area contributed by atoms with E-state index in [-0.39, 0.29) is 96.3 Å². The standard InChI is InChI=1S/C94H106N8O33/c1-13-35-124-87(109)81-79(133-92(113)126-37-15-3)80(134-93(114)127-38-16-4)82(135-94(115)128-39-17-5)88(132-81)131-73-34-23-58(42-72(73)102(116)117)54-130-90(111)98-71-48-77(75(121-12)46-69(71)86(108)101-50-62(44-65(101)52-104)60-26-32-67(119-10)33-27-60)123-41-20-18-19-40-122-76-47-70(68(45-74(76)120-11)85(107)100-49-61(43-64(100)51-103)59-24-30-66(118-9)31-25-59)97-89(110)129-53-57-21-28-63(29-22-57)96-83(105)56(8)95-84(106)78(55(6)7)99-91(112)125-36-14-2/h13-17,21-34,42,45-50,55-56,64-65,78-82,88,103-104H,1-5,18-20,35-41,43-44,51-54H2,6-12H3,(H,95,106)(H,96,105)(H,97,110)(H,98,111)(H,99,112)/t56-,64-,65-,78-,79-,80-,81-,82+,88+/m0/s1. The Kier molecular flexibility index (Phi) is 39.1. The molecule has 3 aliphatic heterocycles. The number of anilines is 3. The number of methoxy groups -OCH3 is 4. The SMILES string of the molecule is C=CCOC(=O)N[C@H](C(=O)N[C@@H](C)C(=O)Nc1ccc(COC(=O)Nc2cc(OCCCCCOc3cc(NC(=O)OCc4ccc(O[C@@H]5O[C@H](C(=O)OCC=C)[C@@H](OC(=O)OCC=C)[C@H](OC(=O)OCC=C)[C@H]5OC(=O)OCC=C)c([N+](=O)[O-])c4)c(C(=O)N4C=C(c5ccc(OC)cc5)C[C@H]4CO)cc3OC)c(OC)cc2C(=O)N2C=C(c3ccc(OC)cc3)C[C@H]2CO)cc1)C(C)C. The van der Waals surface area contributed by atoms with Crippen molar-refractivity contribution in [3.8, 4) is 40.2 Å². The summed E-state index contributed by atoms with van der Waals surface area (Å²) in [5.41, 5.74) is 2.20. The van der Waals surface area contributed by atoms with Crippen LogP contribution in [-0.2, 0) is 79.7 Å². The van der Waals surface area contributed by atoms with Gasteiger partial charge in [0.1, 0.15) is 69.8 Å². The summed E-state index contributed by atoms with van der Waals surface area (Å²) in [7, 11) is 5.71. The average Bonchev–Trinajstić information content (AvgIpc) is 1.73. The minimum Gasteiger partial charge on any atom is -0.497 e. The highest BCUT2D eigenvalue weighted by Gasteiger charge is 2.58. The predicted octanol–water partition coefficient (Wildman–Crippen LogP) is 12.6. The smallest absolute Gasteiger partial charge is 0.497 e. The van der Waals surface area contributed by atoms with Crippen molar-refractivity contribution >= 4 is 100 Å². The van der Waals surface area contributed by atoms with Crippen molar-refractivity contribution in [3.63, 3.8) is 0 Å². The van der Waals surface area contributed by atoms with Crippen LogP contribution in [0.15, 0.2) is 191 Å². The Bertz CT molecular complexity index is 5310. The molecule has 0 aliphatic carbocycles. The van der Waals surface area contributed by atoms with Gasteiger partial charge in [0.05, 0.1) is 94.4 Å². The average molecular weight is 1880 g/mol. The van der Waals surface area contributed by atoms with Gasteiger partial charge >= 0.3 is 48.4 Å². The molecule has 3 heterocycles. The summed E-state index contributed by atoms with van der Waals surface area (Å²) in [6.07, 6.45) is -7.72. The highest BCUT2D eigenvalue weighted by molar-refractivity contribution is 6.06. The lowest BCUT2D eigenvalue weighted by Gasteiger charge is -2.42. The maximum absolute atomic E-state index is 15.0. The Morgan fingerprint density at radius 3 is 1.39 bits per heavy atom. The lowest BCUT2D eigenvalue weighted by atomic mass is 9.98. The zero-order valence-electron chi connectivity index (χ0n) is 75.0. The summed E-state index contributed by atoms with van der Waals surface area (Å²) >= 11 is 0. The third-order valence-corrected chi connectivity index (χ3v) is 20.4. The number of hydrogen-bond acceptors (Lipinski definition) is 33. The molecule has 0 unspecified atom stereocenters. The number of ether oxygens (including phenoxy) is 18. The number of rotatable bonds is 47. The number of alkyl carbamates (subject to hydrolysis) is 1. The first-order valence-electron chi connectivity index (χ1n) is 42.1. The Morgan fingerprint density at radius 1 is 0.489 bits per heavy atom. The van der Waals surface area contributed by atoms with Gasteiger partial charge in [0.25, 0.3) is 11.8 Å². The molecule has 720 valence electrons. The number of nitrogens with one attached hydrogen (secondary N) is 5. The number of esters is 1. The molecule has 0 bridgehead atoms. The normalized spacial score (nSPS) is 16.7. The van der Waals surface area contributed by atoms with Gasteiger partial charge in [-0.25, -0.2) is 33.6 Å². The number of benzene rings is 6. The highest BCUT2D eigenvalue weighted by atomic mass is 16.8. The van der Waals surface area contributed by atoms with E-state index in [1.807, 2.05) is 12.1 Å². The number of aliphatic hydroxyl groups is 2. The van der Waals surface area contributed by atoms with Crippen LogP contribution in [0, 0.1) is 16.0 Å². The summed E-state index contributed by atoms with van der Waals surface area (Å²) < 4.78 is 99.8. The van der Waals surface area contributed by atoms with Crippen molar-refractivity contribution in [3.05, 3.63) is 234 Å². The van der Waals surface area contributed by atoms with E-state index in [0.29, 0.717) is 53.1 Å². The molecule has 3 aliphatic rings. The molecule has 9 atom stereocenters. The molecule has 6 aromatic carbocycles. The Hall–Kier alpha value is -15.7. The first-order chi connectivity index (χ1) is 65.0. The van der Waals surface area contributed by atoms with E-state index in [4.69, 9.17) is 85.3 Å². The van der Waals surface area contributed by atoms with Gasteiger partial charge in [0, 0.05) is 36.3 Å². The Morgan fingerprint density at radius 2 is 0.941 bits per heavy atom. The molecule has 0 saturated carbocycles. The van der Waals surface area contributed by atoms with Gasteiger partial charge in [-0.3, -0.25) is 39.9 Å². The molecule has 1 fully saturated rings. The summed E-state index contributed by atoms with van der Waals surface area (Å²) in [4.78, 5) is 165. The van der Waals surface area contributed by atoms with E-state index in [9.17, 15) is 68.3 Å². The summed E-state index contributed by atoms with van der Waals surface area (Å²) in [5.74, 6) is -3.55. The second-order valence-electron chi connectivity index (χ2n) is 30.0. The van der Waals surface area contributed by atoms with Crippen molar-refractivity contribution in [2.45, 2.75) is 121 Å². The molecular formula is C94H106N8O33. The molecule has 7 N–H and O–H groups in total. The third kappa shape index (κ3) is 28.9. The van der Waals surface area contributed by atoms with E-state index >= 15 is 4.79 Å². The molecule has 9 rings (SSSR count). The van der Waals surface area contributed by atoms with E-state index in [2.05, 4.69) is 59.5 Å². The van der Waals surface area contributed by atoms with Crippen LogP contribution >= 0.6 is 0 Å². The fourth-order valence-corrected chi connectivity index (χ4v) is 13.6. The first-order valence-corrected chi connectivity index (χ1v) is 42.1. The number of amides is 7. The fourth-order valence-electron chi connectivity index (χ4n) is 13.6. The van der Waals surface area contributed by atoms with Crippen LogP contribution in [0.1, 0.15) is 95.8 Å². The molecular weight excluding hydrogens is 1770 g/mol. The Balaban J connectivity index is 0.923. The quantitative estimate of drug-likeness (QED) is 0.00466. The van der Waals surface area contributed by atoms with Gasteiger partial charge in [-0.05, 0) is 133 Å². The van der Waals surface area contributed by atoms with Gasteiger partial charge in [0.15, 0.2) is 47.1 Å². The number of carbonyl (C=O) groups excluding carboxylic acids is 11. The van der Waals surface area contributed by atoms with Crippen LogP contribution in [0.4, 0.5) is 51.5 Å². The summed E-state index contributed by atoms with van der Waals surface area (Å²) in [6, 6.07) is 25.3. The van der Waals surface area contributed by atoms with Crippen LogP contribution < -0.4 is 59.7 Å². The number of hydrogen-bond donors (Lipinski definition) is 7. The lowest BCUT2D eigenvalue weighted by molar-refractivity contribution is -0.387. The van der Waals surface area contributed by atoms with Crippen molar-refractivity contribution in [2.24, 2.45) is 5.92 Å². The van der Waals surface area contributed by atoms with Crippen molar-refractivity contribution in [2.75, 3.05) is 104 Å². The van der Waals surface area contributed by atoms with Crippen LogP contribution in [0.3, 0.4) is 0 Å². The van der Waals surface area contributed by atoms with Gasteiger partial charge in [-0.15, -0.1) is 0 Å². The molecule has 41 heteroatoms. The zero-order valence-corrected chi connectivity index (χ0v) is 75.0. The van der Waals surface area contributed by atoms with Crippen LogP contribution in [0.2, 0.25) is 0 Å². The van der Waals surface area contributed by atoms with Crippen LogP contribution in [0.5, 0.6) is 40.2 Å². The number of nitro benzene ring substituents is 1. The maximum atomic E-state index is 15.0. The molecule has 0 radical (unpaired) electrons. The van der Waals surface area contributed by atoms with Crippen LogP contribution in [0.25, 0.3) is 11.1 Å². The lowest BCUT2D eigenvalue weighted by Crippen LogP contribution is -2.64. The van der Waals surface area contributed by atoms with Crippen molar-refractivity contribution in [1.82, 2.24) is 20.4 Å². The van der Waals surface area contributed by atoms with E-state index in [0.717, 1.165) is 41.5 Å². The molecule has 0 aromatic heterocycles. The van der Waals surface area contributed by atoms with Crippen molar-refractivity contribution < 1.29 is 153 Å². The van der Waals surface area contributed by atoms with E-state index in [1.165, 1.54) is 87.6 Å². The zero-order chi connectivity index (χ0) is 97.8. The van der Waals surface area contributed by atoms with Gasteiger partial charge in [-0.1, -0.05) is 120 Å². The molecule has 135 heavy (non-hydrogen) atoms. The molecule has 6 aromatic rings. The summed E-state index contributed by atoms with van der Waals surface area (Å²) in [5, 5.41) is 47.6. The number of nitro groups is 1. The number of unbranched alkanes of at least 4 members (excludes halogenated alkanes) is 2. The molecule has 41 nitrogen and oxygen atoms in total. The topological polar surface area (TPSA) is 504 Å². The third-order valence-electron chi connectivity index (χ3n) is 20.4. The maximum Gasteiger partial charge on any atom is 0.509 e. The van der Waals surface area contributed by atoms with Gasteiger partial charge < -0.3 is 121 Å². The minimum atomic E-state index is -2.24. The number of nitrogens with zero attached hydrogens (tertiary/aromatic N) is 3. The highest BCUT2D eigenvalue weighted by Crippen LogP contribution is 2.42. The second kappa shape index (κ2) is 51.2.